The number of allylic oxidation sites excluding steroid dienone is 1. The van der Waals surface area contributed by atoms with Crippen LogP contribution in [0, 0.1) is 0 Å². The van der Waals surface area contributed by atoms with Crippen LogP contribution in [0.3, 0.4) is 0 Å². The number of fused-ring (bicyclic) bond motifs is 1. The average Bonchev–Trinajstić information content (AvgIpc) is 3.13. The van der Waals surface area contributed by atoms with E-state index < -0.39 is 0 Å². The summed E-state index contributed by atoms with van der Waals surface area (Å²) >= 11 is 0. The monoisotopic (exact) mass is 309 g/mol. The molecule has 116 valence electrons. The number of hydrogen-bond acceptors (Lipinski definition) is 6. The van der Waals surface area contributed by atoms with Crippen LogP contribution >= 0.6 is 0 Å². The van der Waals surface area contributed by atoms with Gasteiger partial charge < -0.3 is 15.3 Å². The summed E-state index contributed by atoms with van der Waals surface area (Å²) in [4.78, 5) is 12.5. The molecule has 0 saturated carbocycles. The van der Waals surface area contributed by atoms with Crippen LogP contribution in [-0.2, 0) is 0 Å². The average molecular weight is 309 g/mol. The van der Waals surface area contributed by atoms with Crippen LogP contribution in [-0.4, -0.2) is 34.1 Å². The fraction of sp³-hybridized carbons (Fsp3) is 0.0625. The minimum Gasteiger partial charge on any atom is -0.508 e. The van der Waals surface area contributed by atoms with Gasteiger partial charge in [-0.25, -0.2) is 0 Å². The molecule has 0 aliphatic rings. The zero-order valence-corrected chi connectivity index (χ0v) is 12.3. The van der Waals surface area contributed by atoms with Gasteiger partial charge in [0.15, 0.2) is 0 Å². The summed E-state index contributed by atoms with van der Waals surface area (Å²) in [5, 5.41) is 9.72. The molecule has 7 nitrogen and oxygen atoms in total. The third-order valence-electron chi connectivity index (χ3n) is 3.24. The number of aromatic nitrogens is 2. The van der Waals surface area contributed by atoms with Crippen molar-refractivity contribution in [3.63, 3.8) is 0 Å². The summed E-state index contributed by atoms with van der Waals surface area (Å²) in [6, 6.07) is 6.82. The van der Waals surface area contributed by atoms with Crippen molar-refractivity contribution in [2.24, 2.45) is 15.7 Å². The van der Waals surface area contributed by atoms with Crippen LogP contribution in [0.2, 0.25) is 0 Å². The second-order valence-corrected chi connectivity index (χ2v) is 4.64. The molecule has 2 aromatic heterocycles. The zero-order valence-electron chi connectivity index (χ0n) is 12.3. The number of nitrogens with zero attached hydrogens (tertiary/aromatic N) is 4. The van der Waals surface area contributed by atoms with Crippen LogP contribution in [0.4, 0.5) is 0 Å². The van der Waals surface area contributed by atoms with Gasteiger partial charge in [-0.05, 0) is 24.9 Å². The van der Waals surface area contributed by atoms with Crippen LogP contribution in [0.15, 0.2) is 57.2 Å². The standard InChI is InChI=1S/C16H15N5O2/c1-18-13(5-6-19-10-17)15-14(11-3-2-4-12(22)9-11)20-16-21(15)7-8-23-16/h2-9,22H,1,10,17H2/b13-5-,19-6?. The van der Waals surface area contributed by atoms with Crippen molar-refractivity contribution in [2.75, 3.05) is 6.67 Å². The van der Waals surface area contributed by atoms with Gasteiger partial charge in [0.1, 0.15) is 23.4 Å². The number of oxazole rings is 1. The molecule has 0 spiro atoms. The lowest BCUT2D eigenvalue weighted by atomic mass is 10.1. The highest BCUT2D eigenvalue weighted by Crippen LogP contribution is 2.31. The molecular formula is C16H15N5O2. The molecule has 0 saturated heterocycles. The summed E-state index contributed by atoms with van der Waals surface area (Å²) < 4.78 is 7.12. The number of phenols is 1. The lowest BCUT2D eigenvalue weighted by Crippen LogP contribution is -1.94. The molecule has 0 amide bonds. The Bertz CT molecular complexity index is 904. The first-order chi connectivity index (χ1) is 11.2. The molecule has 0 bridgehead atoms. The van der Waals surface area contributed by atoms with Crippen LogP contribution in [0.1, 0.15) is 5.69 Å². The van der Waals surface area contributed by atoms with Gasteiger partial charge in [-0.3, -0.25) is 14.4 Å². The number of aliphatic imine (C=N–C) groups is 2. The van der Waals surface area contributed by atoms with Crippen LogP contribution in [0.25, 0.3) is 22.8 Å². The highest BCUT2D eigenvalue weighted by molar-refractivity contribution is 5.89. The Balaban J connectivity index is 2.23. The summed E-state index contributed by atoms with van der Waals surface area (Å²) in [6.45, 7) is 3.80. The molecule has 0 aliphatic heterocycles. The molecule has 0 fully saturated rings. The Morgan fingerprint density at radius 1 is 1.48 bits per heavy atom. The van der Waals surface area contributed by atoms with Crippen molar-refractivity contribution in [1.82, 2.24) is 9.38 Å². The third-order valence-corrected chi connectivity index (χ3v) is 3.24. The van der Waals surface area contributed by atoms with Crippen molar-refractivity contribution in [3.05, 3.63) is 48.5 Å². The molecule has 23 heavy (non-hydrogen) atoms. The minimum atomic E-state index is 0.153. The van der Waals surface area contributed by atoms with E-state index in [1.165, 1.54) is 6.26 Å². The molecule has 0 unspecified atom stereocenters. The topological polar surface area (TPSA) is 101 Å². The summed E-state index contributed by atoms with van der Waals surface area (Å²) in [5.74, 6) is 0.573. The van der Waals surface area contributed by atoms with Crippen LogP contribution in [0.5, 0.6) is 5.75 Å². The fourth-order valence-corrected chi connectivity index (χ4v) is 2.28. The second-order valence-electron chi connectivity index (χ2n) is 4.64. The predicted molar refractivity (Wildman–Crippen MR) is 89.6 cm³/mol. The number of benzene rings is 1. The van der Waals surface area contributed by atoms with E-state index in [9.17, 15) is 5.11 Å². The van der Waals surface area contributed by atoms with E-state index >= 15 is 0 Å². The van der Waals surface area contributed by atoms with E-state index in [0.717, 1.165) is 5.56 Å². The van der Waals surface area contributed by atoms with Gasteiger partial charge >= 0.3 is 5.84 Å². The Kier molecular flexibility index (Phi) is 4.03. The maximum Gasteiger partial charge on any atom is 0.306 e. The molecule has 0 atom stereocenters. The van der Waals surface area contributed by atoms with E-state index in [4.69, 9.17) is 10.2 Å². The fourth-order valence-electron chi connectivity index (χ4n) is 2.28. The van der Waals surface area contributed by atoms with E-state index in [-0.39, 0.29) is 12.4 Å². The maximum atomic E-state index is 9.72. The molecule has 1 aromatic carbocycles. The van der Waals surface area contributed by atoms with Crippen molar-refractivity contribution in [1.29, 1.82) is 0 Å². The van der Waals surface area contributed by atoms with E-state index in [1.54, 1.807) is 41.1 Å². The van der Waals surface area contributed by atoms with Gasteiger partial charge in [0.25, 0.3) is 0 Å². The number of phenolic OH excluding ortho intramolecular Hbond substituents is 1. The largest absolute Gasteiger partial charge is 0.508 e. The molecule has 0 radical (unpaired) electrons. The smallest absolute Gasteiger partial charge is 0.306 e. The Morgan fingerprint density at radius 3 is 3.09 bits per heavy atom. The third kappa shape index (κ3) is 2.77. The van der Waals surface area contributed by atoms with Gasteiger partial charge in [-0.2, -0.15) is 4.98 Å². The van der Waals surface area contributed by atoms with Gasteiger partial charge in [0, 0.05) is 18.0 Å². The normalized spacial score (nSPS) is 12.3. The highest BCUT2D eigenvalue weighted by atomic mass is 16.3. The number of imidazole rings is 1. The van der Waals surface area contributed by atoms with Crippen molar-refractivity contribution < 1.29 is 9.52 Å². The Morgan fingerprint density at radius 2 is 2.35 bits per heavy atom. The second kappa shape index (κ2) is 6.29. The quantitative estimate of drug-likeness (QED) is 0.706. The Hall–Kier alpha value is -3.19. The lowest BCUT2D eigenvalue weighted by molar-refractivity contribution is 0.475. The number of hydrogen-bond donors (Lipinski definition) is 2. The number of rotatable bonds is 5. The Labute approximate surface area is 132 Å². The van der Waals surface area contributed by atoms with Crippen molar-refractivity contribution in [2.45, 2.75) is 0 Å². The van der Waals surface area contributed by atoms with Crippen LogP contribution < -0.4 is 5.73 Å². The molecule has 3 rings (SSSR count). The van der Waals surface area contributed by atoms with Gasteiger partial charge in [-0.15, -0.1) is 0 Å². The summed E-state index contributed by atoms with van der Waals surface area (Å²) in [6.07, 6.45) is 6.54. The van der Waals surface area contributed by atoms with Crippen molar-refractivity contribution in [3.8, 4) is 17.0 Å². The number of aromatic hydroxyl groups is 1. The molecule has 2 heterocycles. The first-order valence-corrected chi connectivity index (χ1v) is 6.87. The van der Waals surface area contributed by atoms with E-state index in [0.29, 0.717) is 22.9 Å². The van der Waals surface area contributed by atoms with Gasteiger partial charge in [-0.1, -0.05) is 12.1 Å². The lowest BCUT2D eigenvalue weighted by Gasteiger charge is -2.04. The molecule has 0 aliphatic carbocycles. The molecule has 3 aromatic rings. The molecule has 7 heteroatoms. The summed E-state index contributed by atoms with van der Waals surface area (Å²) in [7, 11) is 0. The SMILES string of the molecule is C=N/C(=C\C=NCN)c1c(-c2cccc(O)c2)nc2occn12. The molecular weight excluding hydrogens is 294 g/mol. The highest BCUT2D eigenvalue weighted by Gasteiger charge is 2.19. The molecule has 3 N–H and O–H groups in total. The van der Waals surface area contributed by atoms with E-state index in [2.05, 4.69) is 21.7 Å². The zero-order chi connectivity index (χ0) is 16.2. The summed E-state index contributed by atoms with van der Waals surface area (Å²) in [5.41, 5.74) is 7.97. The predicted octanol–water partition coefficient (Wildman–Crippen LogP) is 2.33. The maximum absolute atomic E-state index is 9.72. The first kappa shape index (κ1) is 14.7. The van der Waals surface area contributed by atoms with Gasteiger partial charge in [0.2, 0.25) is 0 Å². The van der Waals surface area contributed by atoms with Crippen molar-refractivity contribution >= 4 is 24.5 Å². The first-order valence-electron chi connectivity index (χ1n) is 6.87. The number of nitrogens with two attached hydrogens (primary N) is 1. The van der Waals surface area contributed by atoms with E-state index in [1.807, 2.05) is 6.07 Å². The minimum absolute atomic E-state index is 0.153. The van der Waals surface area contributed by atoms with Gasteiger partial charge in [0.05, 0.1) is 12.4 Å².